The normalized spacial score (nSPS) is 11.0. The molecule has 0 aliphatic carbocycles. The van der Waals surface area contributed by atoms with E-state index in [2.05, 4.69) is 10.1 Å². The topological polar surface area (TPSA) is 51.4 Å². The maximum absolute atomic E-state index is 13.0. The Bertz CT molecular complexity index is 823. The fourth-order valence-electron chi connectivity index (χ4n) is 2.22. The average molecular weight is 362 g/mol. The highest BCUT2D eigenvalue weighted by Gasteiger charge is 2.11. The molecule has 0 atom stereocenters. The molecule has 0 saturated heterocycles. The van der Waals surface area contributed by atoms with E-state index < -0.39 is 0 Å². The predicted octanol–water partition coefficient (Wildman–Crippen LogP) is 4.04. The van der Waals surface area contributed by atoms with E-state index >= 15 is 0 Å². The number of halogens is 2. The fourth-order valence-corrected chi connectivity index (χ4v) is 2.40. The van der Waals surface area contributed by atoms with Gasteiger partial charge in [0.25, 0.3) is 0 Å². The number of hydrogen-bond acceptors (Lipinski definition) is 5. The van der Waals surface area contributed by atoms with Crippen LogP contribution in [0.25, 0.3) is 11.4 Å². The van der Waals surface area contributed by atoms with Gasteiger partial charge in [0.15, 0.2) is 0 Å². The number of likely N-dealkylation sites (N-methyl/N-ethyl adjacent to an activating group) is 1. The summed E-state index contributed by atoms with van der Waals surface area (Å²) in [5, 5.41) is 4.57. The number of aromatic nitrogens is 2. The number of hydrogen-bond donors (Lipinski definition) is 0. The van der Waals surface area contributed by atoms with Gasteiger partial charge in [0, 0.05) is 17.1 Å². The third-order valence-corrected chi connectivity index (χ3v) is 3.75. The first-order valence-electron chi connectivity index (χ1n) is 7.75. The molecular weight excluding hydrogens is 345 g/mol. The standard InChI is InChI=1S/C18H17ClFN3O2/c1-23(9-10-24-16-4-2-3-14(19)11-16)12-17-21-18(22-25-17)13-5-7-15(20)8-6-13/h2-8,11H,9-10,12H2,1H3. The minimum atomic E-state index is -0.299. The minimum absolute atomic E-state index is 0.299. The van der Waals surface area contributed by atoms with Crippen LogP contribution in [0.15, 0.2) is 53.1 Å². The second-order valence-electron chi connectivity index (χ2n) is 5.56. The average Bonchev–Trinajstić information content (AvgIpc) is 3.04. The number of benzene rings is 2. The lowest BCUT2D eigenvalue weighted by atomic mass is 10.2. The van der Waals surface area contributed by atoms with E-state index in [1.807, 2.05) is 24.1 Å². The Morgan fingerprint density at radius 3 is 2.76 bits per heavy atom. The van der Waals surface area contributed by atoms with Crippen molar-refractivity contribution in [2.75, 3.05) is 20.2 Å². The van der Waals surface area contributed by atoms with Crippen LogP contribution in [0.1, 0.15) is 5.89 Å². The highest BCUT2D eigenvalue weighted by Crippen LogP contribution is 2.18. The molecule has 0 aliphatic heterocycles. The van der Waals surface area contributed by atoms with Gasteiger partial charge in [-0.25, -0.2) is 4.39 Å². The summed E-state index contributed by atoms with van der Waals surface area (Å²) < 4.78 is 23.9. The van der Waals surface area contributed by atoms with E-state index in [4.69, 9.17) is 20.9 Å². The van der Waals surface area contributed by atoms with E-state index in [-0.39, 0.29) is 5.82 Å². The van der Waals surface area contributed by atoms with Crippen molar-refractivity contribution in [1.82, 2.24) is 15.0 Å². The Morgan fingerprint density at radius 2 is 2.00 bits per heavy atom. The van der Waals surface area contributed by atoms with Gasteiger partial charge in [-0.05, 0) is 49.5 Å². The van der Waals surface area contributed by atoms with Gasteiger partial charge in [0.05, 0.1) is 6.54 Å². The van der Waals surface area contributed by atoms with Crippen LogP contribution in [-0.2, 0) is 6.54 Å². The lowest BCUT2D eigenvalue weighted by Crippen LogP contribution is -2.24. The Morgan fingerprint density at radius 1 is 1.20 bits per heavy atom. The molecule has 7 heteroatoms. The summed E-state index contributed by atoms with van der Waals surface area (Å²) in [6, 6.07) is 13.2. The van der Waals surface area contributed by atoms with Crippen molar-refractivity contribution >= 4 is 11.6 Å². The molecule has 0 N–H and O–H groups in total. The Balaban J connectivity index is 1.49. The number of rotatable bonds is 7. The van der Waals surface area contributed by atoms with Crippen molar-refractivity contribution in [3.05, 3.63) is 65.3 Å². The molecule has 0 unspecified atom stereocenters. The first-order chi connectivity index (χ1) is 12.1. The van der Waals surface area contributed by atoms with E-state index in [9.17, 15) is 4.39 Å². The van der Waals surface area contributed by atoms with Crippen LogP contribution in [0.5, 0.6) is 5.75 Å². The quantitative estimate of drug-likeness (QED) is 0.635. The van der Waals surface area contributed by atoms with Crippen molar-refractivity contribution in [2.45, 2.75) is 6.54 Å². The van der Waals surface area contributed by atoms with E-state index in [0.717, 1.165) is 5.75 Å². The zero-order valence-electron chi connectivity index (χ0n) is 13.7. The van der Waals surface area contributed by atoms with Gasteiger partial charge in [-0.2, -0.15) is 4.98 Å². The number of nitrogens with zero attached hydrogens (tertiary/aromatic N) is 3. The largest absolute Gasteiger partial charge is 0.492 e. The van der Waals surface area contributed by atoms with Gasteiger partial charge in [-0.15, -0.1) is 0 Å². The Labute approximate surface area is 150 Å². The highest BCUT2D eigenvalue weighted by molar-refractivity contribution is 6.30. The van der Waals surface area contributed by atoms with Crippen LogP contribution in [0.4, 0.5) is 4.39 Å². The molecule has 25 heavy (non-hydrogen) atoms. The summed E-state index contributed by atoms with van der Waals surface area (Å²) in [6.45, 7) is 1.68. The van der Waals surface area contributed by atoms with Crippen molar-refractivity contribution in [1.29, 1.82) is 0 Å². The second-order valence-corrected chi connectivity index (χ2v) is 6.00. The van der Waals surface area contributed by atoms with Gasteiger partial charge in [0.2, 0.25) is 11.7 Å². The van der Waals surface area contributed by atoms with Crippen molar-refractivity contribution in [3.63, 3.8) is 0 Å². The van der Waals surface area contributed by atoms with Crippen LogP contribution in [0.2, 0.25) is 5.02 Å². The molecule has 130 valence electrons. The van der Waals surface area contributed by atoms with E-state index in [1.165, 1.54) is 12.1 Å². The number of ether oxygens (including phenoxy) is 1. The second kappa shape index (κ2) is 8.09. The molecule has 1 aromatic heterocycles. The summed E-state index contributed by atoms with van der Waals surface area (Å²) >= 11 is 5.92. The van der Waals surface area contributed by atoms with Crippen molar-refractivity contribution in [3.8, 4) is 17.1 Å². The minimum Gasteiger partial charge on any atom is -0.492 e. The molecule has 2 aromatic carbocycles. The molecule has 0 amide bonds. The van der Waals surface area contributed by atoms with Gasteiger partial charge in [-0.3, -0.25) is 4.90 Å². The molecule has 0 saturated carbocycles. The Hall–Kier alpha value is -2.44. The van der Waals surface area contributed by atoms with Crippen LogP contribution in [0.3, 0.4) is 0 Å². The lowest BCUT2D eigenvalue weighted by Gasteiger charge is -2.14. The molecule has 5 nitrogen and oxygen atoms in total. The summed E-state index contributed by atoms with van der Waals surface area (Å²) in [4.78, 5) is 6.33. The third kappa shape index (κ3) is 5.01. The first kappa shape index (κ1) is 17.4. The molecule has 0 aliphatic rings. The fraction of sp³-hybridized carbons (Fsp3) is 0.222. The van der Waals surface area contributed by atoms with Gasteiger partial charge in [0.1, 0.15) is 18.2 Å². The SMILES string of the molecule is CN(CCOc1cccc(Cl)c1)Cc1nc(-c2ccc(F)cc2)no1. The van der Waals surface area contributed by atoms with E-state index in [1.54, 1.807) is 24.3 Å². The zero-order valence-corrected chi connectivity index (χ0v) is 14.4. The predicted molar refractivity (Wildman–Crippen MR) is 93.0 cm³/mol. The molecule has 0 fully saturated rings. The first-order valence-corrected chi connectivity index (χ1v) is 8.13. The molecule has 0 spiro atoms. The van der Waals surface area contributed by atoms with Gasteiger partial charge < -0.3 is 9.26 Å². The highest BCUT2D eigenvalue weighted by atomic mass is 35.5. The van der Waals surface area contributed by atoms with Crippen LogP contribution >= 0.6 is 11.6 Å². The monoisotopic (exact) mass is 361 g/mol. The lowest BCUT2D eigenvalue weighted by molar-refractivity contribution is 0.213. The maximum Gasteiger partial charge on any atom is 0.241 e. The molecule has 0 bridgehead atoms. The molecule has 3 rings (SSSR count). The van der Waals surface area contributed by atoms with Crippen molar-refractivity contribution in [2.24, 2.45) is 0 Å². The molecule has 1 heterocycles. The van der Waals surface area contributed by atoms with Crippen LogP contribution in [0, 0.1) is 5.82 Å². The molecule has 0 radical (unpaired) electrons. The molecule has 3 aromatic rings. The van der Waals surface area contributed by atoms with Gasteiger partial charge >= 0.3 is 0 Å². The summed E-state index contributed by atoms with van der Waals surface area (Å²) in [5.74, 6) is 1.37. The van der Waals surface area contributed by atoms with Crippen LogP contribution < -0.4 is 4.74 Å². The maximum atomic E-state index is 13.0. The van der Waals surface area contributed by atoms with Crippen LogP contribution in [-0.4, -0.2) is 35.2 Å². The molecular formula is C18H17ClFN3O2. The third-order valence-electron chi connectivity index (χ3n) is 3.51. The Kier molecular flexibility index (Phi) is 5.63. The summed E-state index contributed by atoms with van der Waals surface area (Å²) in [7, 11) is 1.93. The van der Waals surface area contributed by atoms with Gasteiger partial charge in [-0.1, -0.05) is 22.8 Å². The summed E-state index contributed by atoms with van der Waals surface area (Å²) in [6.07, 6.45) is 0. The zero-order chi connectivity index (χ0) is 17.6. The van der Waals surface area contributed by atoms with E-state index in [0.29, 0.717) is 42.0 Å². The smallest absolute Gasteiger partial charge is 0.241 e. The summed E-state index contributed by atoms with van der Waals surface area (Å²) in [5.41, 5.74) is 0.711. The van der Waals surface area contributed by atoms with Crippen molar-refractivity contribution < 1.29 is 13.7 Å².